The average molecular weight is 171 g/mol. The van der Waals surface area contributed by atoms with Crippen molar-refractivity contribution in [2.24, 2.45) is 0 Å². The van der Waals surface area contributed by atoms with E-state index in [4.69, 9.17) is 4.74 Å². The standard InChI is InChI=1S/C10H21NO/c1-5-8-12-9-7-11-10(3,4)6-2/h5,11H,1,6-9H2,2-4H3. The molecule has 2 nitrogen and oxygen atoms in total. The summed E-state index contributed by atoms with van der Waals surface area (Å²) in [5.41, 5.74) is 0.234. The Balaban J connectivity index is 3.24. The molecule has 0 aliphatic carbocycles. The molecule has 0 atom stereocenters. The van der Waals surface area contributed by atoms with E-state index in [0.29, 0.717) is 6.61 Å². The van der Waals surface area contributed by atoms with Gasteiger partial charge in [0.2, 0.25) is 0 Å². The minimum atomic E-state index is 0.234. The van der Waals surface area contributed by atoms with E-state index in [-0.39, 0.29) is 5.54 Å². The summed E-state index contributed by atoms with van der Waals surface area (Å²) in [6.07, 6.45) is 2.90. The molecule has 0 amide bonds. The molecule has 0 aliphatic heterocycles. The summed E-state index contributed by atoms with van der Waals surface area (Å²) in [6, 6.07) is 0. The van der Waals surface area contributed by atoms with Crippen molar-refractivity contribution < 1.29 is 4.74 Å². The van der Waals surface area contributed by atoms with Crippen LogP contribution >= 0.6 is 0 Å². The fraction of sp³-hybridized carbons (Fsp3) is 0.800. The highest BCUT2D eigenvalue weighted by atomic mass is 16.5. The number of rotatable bonds is 7. The van der Waals surface area contributed by atoms with Crippen LogP contribution in [0.15, 0.2) is 12.7 Å². The summed E-state index contributed by atoms with van der Waals surface area (Å²) in [4.78, 5) is 0. The van der Waals surface area contributed by atoms with E-state index < -0.39 is 0 Å². The van der Waals surface area contributed by atoms with E-state index in [0.717, 1.165) is 19.6 Å². The molecule has 0 bridgehead atoms. The zero-order chi connectivity index (χ0) is 9.45. The molecule has 0 fully saturated rings. The summed E-state index contributed by atoms with van der Waals surface area (Å²) >= 11 is 0. The second-order valence-electron chi connectivity index (χ2n) is 3.53. The van der Waals surface area contributed by atoms with Gasteiger partial charge in [-0.2, -0.15) is 0 Å². The lowest BCUT2D eigenvalue weighted by Crippen LogP contribution is -2.40. The minimum absolute atomic E-state index is 0.234. The smallest absolute Gasteiger partial charge is 0.0645 e. The molecule has 1 N–H and O–H groups in total. The van der Waals surface area contributed by atoms with Gasteiger partial charge in [-0.3, -0.25) is 0 Å². The van der Waals surface area contributed by atoms with Crippen LogP contribution < -0.4 is 5.32 Å². The molecule has 2 heteroatoms. The third-order valence-electron chi connectivity index (χ3n) is 1.97. The van der Waals surface area contributed by atoms with E-state index in [1.54, 1.807) is 6.08 Å². The van der Waals surface area contributed by atoms with Crippen LogP contribution in [0.1, 0.15) is 27.2 Å². The molecule has 0 saturated heterocycles. The Bertz CT molecular complexity index is 121. The molecular weight excluding hydrogens is 150 g/mol. The van der Waals surface area contributed by atoms with Gasteiger partial charge in [0.25, 0.3) is 0 Å². The van der Waals surface area contributed by atoms with Crippen molar-refractivity contribution in [2.45, 2.75) is 32.7 Å². The average Bonchev–Trinajstić information content (AvgIpc) is 2.04. The fourth-order valence-electron chi connectivity index (χ4n) is 0.753. The van der Waals surface area contributed by atoms with Crippen molar-refractivity contribution in [3.05, 3.63) is 12.7 Å². The van der Waals surface area contributed by atoms with Crippen LogP contribution in [0.5, 0.6) is 0 Å². The lowest BCUT2D eigenvalue weighted by Gasteiger charge is -2.24. The second-order valence-corrected chi connectivity index (χ2v) is 3.53. The Labute approximate surface area is 76.0 Å². The van der Waals surface area contributed by atoms with E-state index in [2.05, 4.69) is 32.7 Å². The molecule has 0 aromatic rings. The summed E-state index contributed by atoms with van der Waals surface area (Å²) in [6.45, 7) is 12.5. The number of ether oxygens (including phenoxy) is 1. The Morgan fingerprint density at radius 3 is 2.67 bits per heavy atom. The van der Waals surface area contributed by atoms with Crippen molar-refractivity contribution in [1.29, 1.82) is 0 Å². The van der Waals surface area contributed by atoms with Gasteiger partial charge in [-0.25, -0.2) is 0 Å². The predicted octanol–water partition coefficient (Wildman–Crippen LogP) is 1.97. The highest BCUT2D eigenvalue weighted by Gasteiger charge is 2.12. The van der Waals surface area contributed by atoms with Crippen LogP contribution in [0.3, 0.4) is 0 Å². The van der Waals surface area contributed by atoms with Gasteiger partial charge < -0.3 is 10.1 Å². The van der Waals surface area contributed by atoms with Crippen LogP contribution in [-0.4, -0.2) is 25.3 Å². The maximum Gasteiger partial charge on any atom is 0.0645 e. The van der Waals surface area contributed by atoms with Gasteiger partial charge in [0, 0.05) is 12.1 Å². The molecule has 0 unspecified atom stereocenters. The number of hydrogen-bond acceptors (Lipinski definition) is 2. The maximum absolute atomic E-state index is 5.24. The molecule has 0 aromatic carbocycles. The molecule has 0 saturated carbocycles. The molecule has 0 rings (SSSR count). The maximum atomic E-state index is 5.24. The highest BCUT2D eigenvalue weighted by Crippen LogP contribution is 2.05. The van der Waals surface area contributed by atoms with Crippen molar-refractivity contribution in [3.63, 3.8) is 0 Å². The Hall–Kier alpha value is -0.340. The van der Waals surface area contributed by atoms with Gasteiger partial charge in [0.15, 0.2) is 0 Å². The molecule has 0 aliphatic rings. The monoisotopic (exact) mass is 171 g/mol. The van der Waals surface area contributed by atoms with Gasteiger partial charge in [-0.05, 0) is 20.3 Å². The first kappa shape index (κ1) is 11.7. The SMILES string of the molecule is C=CCOCCNC(C)(C)CC. The Morgan fingerprint density at radius 2 is 2.17 bits per heavy atom. The quantitative estimate of drug-likeness (QED) is 0.467. The van der Waals surface area contributed by atoms with Crippen molar-refractivity contribution in [1.82, 2.24) is 5.32 Å². The van der Waals surface area contributed by atoms with E-state index in [9.17, 15) is 0 Å². The largest absolute Gasteiger partial charge is 0.376 e. The molecular formula is C10H21NO. The van der Waals surface area contributed by atoms with Gasteiger partial charge in [0.1, 0.15) is 0 Å². The van der Waals surface area contributed by atoms with E-state index in [1.165, 1.54) is 0 Å². The lowest BCUT2D eigenvalue weighted by molar-refractivity contribution is 0.155. The number of hydrogen-bond donors (Lipinski definition) is 1. The Kier molecular flexibility index (Phi) is 6.03. The molecule has 0 spiro atoms. The summed E-state index contributed by atoms with van der Waals surface area (Å²) in [5, 5.41) is 3.41. The van der Waals surface area contributed by atoms with Crippen LogP contribution in [-0.2, 0) is 4.74 Å². The van der Waals surface area contributed by atoms with Crippen LogP contribution in [0.25, 0.3) is 0 Å². The predicted molar refractivity (Wildman–Crippen MR) is 53.4 cm³/mol. The Morgan fingerprint density at radius 1 is 1.50 bits per heavy atom. The molecule has 0 radical (unpaired) electrons. The summed E-state index contributed by atoms with van der Waals surface area (Å²) < 4.78 is 5.24. The topological polar surface area (TPSA) is 21.3 Å². The fourth-order valence-corrected chi connectivity index (χ4v) is 0.753. The third kappa shape index (κ3) is 6.38. The van der Waals surface area contributed by atoms with Crippen molar-refractivity contribution >= 4 is 0 Å². The molecule has 0 aromatic heterocycles. The highest BCUT2D eigenvalue weighted by molar-refractivity contribution is 4.74. The van der Waals surface area contributed by atoms with E-state index in [1.807, 2.05) is 0 Å². The third-order valence-corrected chi connectivity index (χ3v) is 1.97. The van der Waals surface area contributed by atoms with Gasteiger partial charge in [-0.1, -0.05) is 13.0 Å². The van der Waals surface area contributed by atoms with Crippen molar-refractivity contribution in [2.75, 3.05) is 19.8 Å². The minimum Gasteiger partial charge on any atom is -0.376 e. The molecule has 12 heavy (non-hydrogen) atoms. The van der Waals surface area contributed by atoms with E-state index >= 15 is 0 Å². The van der Waals surface area contributed by atoms with Crippen LogP contribution in [0, 0.1) is 0 Å². The summed E-state index contributed by atoms with van der Waals surface area (Å²) in [5.74, 6) is 0. The van der Waals surface area contributed by atoms with Gasteiger partial charge in [-0.15, -0.1) is 6.58 Å². The first-order valence-corrected chi connectivity index (χ1v) is 4.56. The van der Waals surface area contributed by atoms with Gasteiger partial charge in [0.05, 0.1) is 13.2 Å². The normalized spacial score (nSPS) is 11.6. The first-order chi connectivity index (χ1) is 5.62. The van der Waals surface area contributed by atoms with Crippen LogP contribution in [0.2, 0.25) is 0 Å². The first-order valence-electron chi connectivity index (χ1n) is 4.56. The van der Waals surface area contributed by atoms with Crippen molar-refractivity contribution in [3.8, 4) is 0 Å². The molecule has 72 valence electrons. The van der Waals surface area contributed by atoms with Crippen LogP contribution in [0.4, 0.5) is 0 Å². The zero-order valence-corrected chi connectivity index (χ0v) is 8.52. The van der Waals surface area contributed by atoms with Gasteiger partial charge >= 0.3 is 0 Å². The zero-order valence-electron chi connectivity index (χ0n) is 8.52. The molecule has 0 heterocycles. The number of nitrogens with one attached hydrogen (secondary N) is 1. The summed E-state index contributed by atoms with van der Waals surface area (Å²) in [7, 11) is 0. The second kappa shape index (κ2) is 6.21. The lowest BCUT2D eigenvalue weighted by atomic mass is 10.0.